The van der Waals surface area contributed by atoms with Gasteiger partial charge in [-0.15, -0.1) is 0 Å². The number of hydrogen-bond acceptors (Lipinski definition) is 6. The molecule has 1 aliphatic rings. The van der Waals surface area contributed by atoms with E-state index < -0.39 is 22.5 Å². The van der Waals surface area contributed by atoms with Gasteiger partial charge in [0.25, 0.3) is 10.0 Å². The number of hydrogen-bond donors (Lipinski definition) is 0. The van der Waals surface area contributed by atoms with E-state index in [0.717, 1.165) is 30.0 Å². The minimum absolute atomic E-state index is 0.0566. The molecule has 0 bridgehead atoms. The molecule has 0 heterocycles. The molecule has 0 N–H and O–H groups in total. The molecule has 0 amide bonds. The number of benzene rings is 2. The number of methoxy groups -OCH3 is 1. The summed E-state index contributed by atoms with van der Waals surface area (Å²) in [5, 5.41) is 0. The van der Waals surface area contributed by atoms with Gasteiger partial charge in [-0.1, -0.05) is 0 Å². The standard InChI is InChI=1S/C22H27NO6S/c1-3-28-18-12-14-21(15-13-18)30(25,26)23(16-22(24)27-2)17-8-10-20(11-9-17)29-19-6-4-5-7-19/h8-15,19H,3-7,16H2,1-2H3. The van der Waals surface area contributed by atoms with Gasteiger partial charge < -0.3 is 14.2 Å². The van der Waals surface area contributed by atoms with Crippen LogP contribution in [0.2, 0.25) is 0 Å². The average molecular weight is 434 g/mol. The van der Waals surface area contributed by atoms with Crippen molar-refractivity contribution in [3.8, 4) is 11.5 Å². The maximum absolute atomic E-state index is 13.3. The lowest BCUT2D eigenvalue weighted by Crippen LogP contribution is -2.36. The Hall–Kier alpha value is -2.74. The number of anilines is 1. The van der Waals surface area contributed by atoms with Gasteiger partial charge in [0.05, 0.1) is 30.4 Å². The first-order chi connectivity index (χ1) is 14.4. The van der Waals surface area contributed by atoms with Crippen molar-refractivity contribution in [2.75, 3.05) is 24.6 Å². The first kappa shape index (κ1) is 22.0. The first-order valence-corrected chi connectivity index (χ1v) is 11.5. The van der Waals surface area contributed by atoms with Gasteiger partial charge in [0.1, 0.15) is 18.0 Å². The highest BCUT2D eigenvalue weighted by molar-refractivity contribution is 7.92. The Labute approximate surface area is 177 Å². The Bertz CT molecular complexity index is 935. The minimum Gasteiger partial charge on any atom is -0.494 e. The fourth-order valence-electron chi connectivity index (χ4n) is 3.39. The lowest BCUT2D eigenvalue weighted by Gasteiger charge is -2.24. The van der Waals surface area contributed by atoms with Crippen molar-refractivity contribution in [2.24, 2.45) is 0 Å². The predicted molar refractivity (Wildman–Crippen MR) is 113 cm³/mol. The molecule has 8 heteroatoms. The molecule has 1 fully saturated rings. The first-order valence-electron chi connectivity index (χ1n) is 10.0. The summed E-state index contributed by atoms with van der Waals surface area (Å²) in [6, 6.07) is 12.8. The topological polar surface area (TPSA) is 82.1 Å². The number of carbonyl (C=O) groups excluding carboxylic acids is 1. The van der Waals surface area contributed by atoms with Crippen molar-refractivity contribution in [2.45, 2.75) is 43.6 Å². The van der Waals surface area contributed by atoms with Crippen molar-refractivity contribution < 1.29 is 27.4 Å². The molecule has 162 valence electrons. The van der Waals surface area contributed by atoms with E-state index in [1.165, 1.54) is 19.2 Å². The Kier molecular flexibility index (Phi) is 7.20. The molecule has 0 aliphatic heterocycles. The highest BCUT2D eigenvalue weighted by atomic mass is 32.2. The van der Waals surface area contributed by atoms with Gasteiger partial charge in [0, 0.05) is 0 Å². The summed E-state index contributed by atoms with van der Waals surface area (Å²) in [7, 11) is -2.77. The molecule has 0 saturated heterocycles. The number of rotatable bonds is 9. The van der Waals surface area contributed by atoms with E-state index in [2.05, 4.69) is 0 Å². The Morgan fingerprint density at radius 3 is 2.17 bits per heavy atom. The van der Waals surface area contributed by atoms with Crippen LogP contribution in [0, 0.1) is 0 Å². The van der Waals surface area contributed by atoms with Crippen molar-refractivity contribution in [3.05, 3.63) is 48.5 Å². The number of nitrogens with zero attached hydrogens (tertiary/aromatic N) is 1. The normalized spacial score (nSPS) is 14.3. The van der Waals surface area contributed by atoms with Gasteiger partial charge in [0.2, 0.25) is 0 Å². The zero-order chi connectivity index (χ0) is 21.6. The van der Waals surface area contributed by atoms with E-state index in [4.69, 9.17) is 14.2 Å². The zero-order valence-corrected chi connectivity index (χ0v) is 18.1. The second-order valence-electron chi connectivity index (χ2n) is 7.01. The van der Waals surface area contributed by atoms with Crippen molar-refractivity contribution >= 4 is 21.7 Å². The number of sulfonamides is 1. The largest absolute Gasteiger partial charge is 0.494 e. The molecular weight excluding hydrogens is 406 g/mol. The van der Waals surface area contributed by atoms with Gasteiger partial charge in [-0.05, 0) is 81.1 Å². The summed E-state index contributed by atoms with van der Waals surface area (Å²) in [5.41, 5.74) is 0.355. The highest BCUT2D eigenvalue weighted by Crippen LogP contribution is 2.29. The monoisotopic (exact) mass is 433 g/mol. The van der Waals surface area contributed by atoms with Gasteiger partial charge >= 0.3 is 5.97 Å². The van der Waals surface area contributed by atoms with Crippen LogP contribution in [-0.2, 0) is 19.6 Å². The van der Waals surface area contributed by atoms with Gasteiger partial charge in [-0.3, -0.25) is 9.10 Å². The van der Waals surface area contributed by atoms with Crippen LogP contribution in [0.15, 0.2) is 53.4 Å². The third kappa shape index (κ3) is 5.24. The molecule has 7 nitrogen and oxygen atoms in total. The Balaban J connectivity index is 1.86. The minimum atomic E-state index is -3.99. The third-order valence-electron chi connectivity index (χ3n) is 4.95. The number of ether oxygens (including phenoxy) is 3. The summed E-state index contributed by atoms with van der Waals surface area (Å²) in [5.74, 6) is 0.599. The second kappa shape index (κ2) is 9.84. The van der Waals surface area contributed by atoms with Crippen molar-refractivity contribution in [1.82, 2.24) is 0 Å². The molecule has 1 aliphatic carbocycles. The summed E-state index contributed by atoms with van der Waals surface area (Å²) >= 11 is 0. The molecule has 0 radical (unpaired) electrons. The maximum Gasteiger partial charge on any atom is 0.326 e. The van der Waals surface area contributed by atoms with Crippen LogP contribution in [0.4, 0.5) is 5.69 Å². The van der Waals surface area contributed by atoms with E-state index in [1.54, 1.807) is 36.4 Å². The molecular formula is C22H27NO6S. The maximum atomic E-state index is 13.3. The summed E-state index contributed by atoms with van der Waals surface area (Å²) in [6.07, 6.45) is 4.59. The molecule has 0 spiro atoms. The summed E-state index contributed by atoms with van der Waals surface area (Å²) in [6.45, 7) is 1.90. The van der Waals surface area contributed by atoms with Crippen molar-refractivity contribution in [1.29, 1.82) is 0 Å². The Morgan fingerprint density at radius 1 is 1.00 bits per heavy atom. The van der Waals surface area contributed by atoms with Gasteiger partial charge in [-0.2, -0.15) is 0 Å². The van der Waals surface area contributed by atoms with Crippen molar-refractivity contribution in [3.63, 3.8) is 0 Å². The van der Waals surface area contributed by atoms with Crippen LogP contribution < -0.4 is 13.8 Å². The lowest BCUT2D eigenvalue weighted by atomic mass is 10.2. The van der Waals surface area contributed by atoms with E-state index in [9.17, 15) is 13.2 Å². The van der Waals surface area contributed by atoms with Crippen LogP contribution in [0.3, 0.4) is 0 Å². The molecule has 1 saturated carbocycles. The summed E-state index contributed by atoms with van der Waals surface area (Å²) < 4.78 is 43.6. The van der Waals surface area contributed by atoms with E-state index in [-0.39, 0.29) is 11.0 Å². The van der Waals surface area contributed by atoms with Crippen LogP contribution in [0.25, 0.3) is 0 Å². The van der Waals surface area contributed by atoms with Gasteiger partial charge in [-0.25, -0.2) is 8.42 Å². The number of carbonyl (C=O) groups is 1. The third-order valence-corrected chi connectivity index (χ3v) is 6.74. The van der Waals surface area contributed by atoms with Crippen LogP contribution in [0.5, 0.6) is 11.5 Å². The molecule has 30 heavy (non-hydrogen) atoms. The summed E-state index contributed by atoms with van der Waals surface area (Å²) in [4.78, 5) is 12.0. The SMILES string of the molecule is CCOc1ccc(S(=O)(=O)N(CC(=O)OC)c2ccc(OC3CCCC3)cc2)cc1. The lowest BCUT2D eigenvalue weighted by molar-refractivity contribution is -0.138. The zero-order valence-electron chi connectivity index (χ0n) is 17.2. The van der Waals surface area contributed by atoms with E-state index >= 15 is 0 Å². The molecule has 2 aromatic rings. The van der Waals surface area contributed by atoms with Gasteiger partial charge in [0.15, 0.2) is 0 Å². The highest BCUT2D eigenvalue weighted by Gasteiger charge is 2.28. The fraction of sp³-hybridized carbons (Fsp3) is 0.409. The molecule has 2 aromatic carbocycles. The van der Waals surface area contributed by atoms with Crippen LogP contribution in [0.1, 0.15) is 32.6 Å². The van der Waals surface area contributed by atoms with Crippen LogP contribution >= 0.6 is 0 Å². The average Bonchev–Trinajstić information content (AvgIpc) is 3.26. The van der Waals surface area contributed by atoms with E-state index in [0.29, 0.717) is 23.8 Å². The smallest absolute Gasteiger partial charge is 0.326 e. The molecule has 0 aromatic heterocycles. The number of esters is 1. The molecule has 0 unspecified atom stereocenters. The quantitative estimate of drug-likeness (QED) is 0.560. The Morgan fingerprint density at radius 2 is 1.60 bits per heavy atom. The molecule has 0 atom stereocenters. The predicted octanol–water partition coefficient (Wildman–Crippen LogP) is 3.78. The van der Waals surface area contributed by atoms with Crippen LogP contribution in [-0.4, -0.2) is 40.8 Å². The fourth-order valence-corrected chi connectivity index (χ4v) is 4.80. The van der Waals surface area contributed by atoms with E-state index in [1.807, 2.05) is 6.92 Å². The second-order valence-corrected chi connectivity index (χ2v) is 8.87. The molecule has 3 rings (SSSR count).